The Labute approximate surface area is 180 Å². The molecule has 1 aromatic heterocycles. The van der Waals surface area contributed by atoms with E-state index >= 15 is 0 Å². The van der Waals surface area contributed by atoms with E-state index in [0.29, 0.717) is 0 Å². The van der Waals surface area contributed by atoms with Gasteiger partial charge in [-0.15, -0.1) is 24.0 Å². The van der Waals surface area contributed by atoms with Crippen LogP contribution in [0.15, 0.2) is 47.7 Å². The van der Waals surface area contributed by atoms with Gasteiger partial charge in [0.05, 0.1) is 6.20 Å². The van der Waals surface area contributed by atoms with Crippen molar-refractivity contribution < 1.29 is 0 Å². The Bertz CT molecular complexity index is 656. The second-order valence-electron chi connectivity index (χ2n) is 6.23. The third-order valence-corrected chi connectivity index (χ3v) is 4.17. The van der Waals surface area contributed by atoms with E-state index in [0.717, 1.165) is 51.5 Å². The Morgan fingerprint density at radius 2 is 1.96 bits per heavy atom. The van der Waals surface area contributed by atoms with Crippen LogP contribution in [0.4, 0.5) is 5.69 Å². The molecule has 150 valence electrons. The molecule has 6 nitrogen and oxygen atoms in total. The average Bonchev–Trinajstić information content (AvgIpc) is 3.07. The van der Waals surface area contributed by atoms with Gasteiger partial charge >= 0.3 is 0 Å². The van der Waals surface area contributed by atoms with Crippen LogP contribution in [0.5, 0.6) is 0 Å². The number of nitrogens with one attached hydrogen (secondary N) is 2. The lowest BCUT2D eigenvalue weighted by Crippen LogP contribution is -2.38. The zero-order chi connectivity index (χ0) is 18.6. The van der Waals surface area contributed by atoms with Crippen molar-refractivity contribution in [1.29, 1.82) is 0 Å². The number of nitrogens with zero attached hydrogens (tertiary/aromatic N) is 4. The van der Waals surface area contributed by atoms with E-state index in [2.05, 4.69) is 71.0 Å². The minimum atomic E-state index is 0. The molecule has 7 heteroatoms. The molecule has 27 heavy (non-hydrogen) atoms. The topological polar surface area (TPSA) is 57.5 Å². The molecule has 0 saturated heterocycles. The summed E-state index contributed by atoms with van der Waals surface area (Å²) in [5.74, 6) is 0.888. The number of benzene rings is 1. The summed E-state index contributed by atoms with van der Waals surface area (Å²) in [6, 6.07) is 10.6. The van der Waals surface area contributed by atoms with E-state index in [-0.39, 0.29) is 24.0 Å². The van der Waals surface area contributed by atoms with Crippen LogP contribution < -0.4 is 15.5 Å². The zero-order valence-electron chi connectivity index (χ0n) is 16.7. The van der Waals surface area contributed by atoms with Crippen molar-refractivity contribution in [1.82, 2.24) is 20.4 Å². The van der Waals surface area contributed by atoms with Gasteiger partial charge in [0.1, 0.15) is 0 Å². The highest BCUT2D eigenvalue weighted by Gasteiger charge is 2.03. The van der Waals surface area contributed by atoms with E-state index in [9.17, 15) is 0 Å². The highest BCUT2D eigenvalue weighted by Crippen LogP contribution is 2.12. The third-order valence-electron chi connectivity index (χ3n) is 4.17. The van der Waals surface area contributed by atoms with Crippen LogP contribution >= 0.6 is 24.0 Å². The second-order valence-corrected chi connectivity index (χ2v) is 6.23. The Kier molecular flexibility index (Phi) is 11.6. The summed E-state index contributed by atoms with van der Waals surface area (Å²) < 4.78 is 1.83. The molecule has 1 heterocycles. The Morgan fingerprint density at radius 3 is 2.59 bits per heavy atom. The number of halogens is 1. The summed E-state index contributed by atoms with van der Waals surface area (Å²) in [7, 11) is 1.94. The monoisotopic (exact) mass is 484 g/mol. The standard InChI is InChI=1S/C20H32N6.HI/c1-4-21-20(23-14-12-18-16-24-25(3)17-18)22-13-9-15-26(5-2)19-10-7-6-8-11-19;/h6-8,10-11,16-17H,4-5,9,12-15H2,1-3H3,(H2,21,22,23);1H. The van der Waals surface area contributed by atoms with E-state index in [1.807, 2.05) is 17.9 Å². The maximum absolute atomic E-state index is 4.70. The maximum Gasteiger partial charge on any atom is 0.191 e. The number of anilines is 1. The highest BCUT2D eigenvalue weighted by atomic mass is 127. The van der Waals surface area contributed by atoms with Gasteiger partial charge in [-0.2, -0.15) is 5.10 Å². The SMILES string of the molecule is CCNC(=NCCCN(CC)c1ccccc1)NCCc1cnn(C)c1.I. The number of para-hydroxylation sites is 1. The van der Waals surface area contributed by atoms with Gasteiger partial charge in [-0.25, -0.2) is 0 Å². The Balaban J connectivity index is 0.00000364. The van der Waals surface area contributed by atoms with Gasteiger partial charge in [0.15, 0.2) is 5.96 Å². The zero-order valence-corrected chi connectivity index (χ0v) is 19.0. The molecule has 2 N–H and O–H groups in total. The smallest absolute Gasteiger partial charge is 0.191 e. The predicted molar refractivity (Wildman–Crippen MR) is 125 cm³/mol. The summed E-state index contributed by atoms with van der Waals surface area (Å²) >= 11 is 0. The van der Waals surface area contributed by atoms with Gasteiger partial charge < -0.3 is 15.5 Å². The summed E-state index contributed by atoms with van der Waals surface area (Å²) in [6.45, 7) is 8.83. The van der Waals surface area contributed by atoms with E-state index in [4.69, 9.17) is 4.99 Å². The largest absolute Gasteiger partial charge is 0.372 e. The molecule has 0 spiro atoms. The molecule has 0 unspecified atom stereocenters. The van der Waals surface area contributed by atoms with Gasteiger partial charge in [-0.05, 0) is 44.4 Å². The van der Waals surface area contributed by atoms with Crippen molar-refractivity contribution in [2.45, 2.75) is 26.7 Å². The first-order chi connectivity index (χ1) is 12.7. The molecule has 2 rings (SSSR count). The first kappa shape index (κ1) is 23.3. The van der Waals surface area contributed by atoms with Gasteiger partial charge in [0, 0.05) is 51.7 Å². The van der Waals surface area contributed by atoms with E-state index in [1.54, 1.807) is 0 Å². The summed E-state index contributed by atoms with van der Waals surface area (Å²) in [6.07, 6.45) is 5.93. The summed E-state index contributed by atoms with van der Waals surface area (Å²) in [4.78, 5) is 7.08. The minimum Gasteiger partial charge on any atom is -0.372 e. The number of guanidine groups is 1. The van der Waals surface area contributed by atoms with Crippen LogP contribution in [0, 0.1) is 0 Å². The molecule has 0 bridgehead atoms. The average molecular weight is 484 g/mol. The molecule has 0 aliphatic heterocycles. The lowest BCUT2D eigenvalue weighted by Gasteiger charge is -2.22. The molecule has 0 aliphatic rings. The minimum absolute atomic E-state index is 0. The van der Waals surface area contributed by atoms with Crippen LogP contribution in [-0.2, 0) is 13.5 Å². The van der Waals surface area contributed by atoms with Crippen LogP contribution in [0.2, 0.25) is 0 Å². The normalized spacial score (nSPS) is 11.0. The number of aromatic nitrogens is 2. The number of aryl methyl sites for hydroxylation is 1. The quantitative estimate of drug-likeness (QED) is 0.236. The van der Waals surface area contributed by atoms with Crippen LogP contribution in [0.1, 0.15) is 25.8 Å². The fourth-order valence-electron chi connectivity index (χ4n) is 2.83. The van der Waals surface area contributed by atoms with Crippen LogP contribution in [0.25, 0.3) is 0 Å². The lowest BCUT2D eigenvalue weighted by atomic mass is 10.2. The van der Waals surface area contributed by atoms with E-state index in [1.165, 1.54) is 11.3 Å². The second kappa shape index (κ2) is 13.4. The van der Waals surface area contributed by atoms with Crippen LogP contribution in [0.3, 0.4) is 0 Å². The molecule has 0 amide bonds. The van der Waals surface area contributed by atoms with Gasteiger partial charge in [0.2, 0.25) is 0 Å². The molecule has 0 saturated carbocycles. The van der Waals surface area contributed by atoms with Gasteiger partial charge in [0.25, 0.3) is 0 Å². The van der Waals surface area contributed by atoms with Crippen molar-refractivity contribution in [2.24, 2.45) is 12.0 Å². The lowest BCUT2D eigenvalue weighted by molar-refractivity contribution is 0.740. The summed E-state index contributed by atoms with van der Waals surface area (Å²) in [5, 5.41) is 10.9. The number of aliphatic imine (C=N–C) groups is 1. The fraction of sp³-hybridized carbons (Fsp3) is 0.500. The van der Waals surface area contributed by atoms with Crippen molar-refractivity contribution in [2.75, 3.05) is 37.6 Å². The molecule has 0 aliphatic carbocycles. The molecule has 0 radical (unpaired) electrons. The van der Waals surface area contributed by atoms with Crippen molar-refractivity contribution in [3.8, 4) is 0 Å². The van der Waals surface area contributed by atoms with Crippen LogP contribution in [-0.4, -0.2) is 48.5 Å². The van der Waals surface area contributed by atoms with E-state index < -0.39 is 0 Å². The maximum atomic E-state index is 4.70. The first-order valence-corrected chi connectivity index (χ1v) is 9.52. The third kappa shape index (κ3) is 8.64. The highest BCUT2D eigenvalue weighted by molar-refractivity contribution is 14.0. The summed E-state index contributed by atoms with van der Waals surface area (Å²) in [5.41, 5.74) is 2.51. The molecular formula is C20H33IN6. The predicted octanol–water partition coefficient (Wildman–Crippen LogP) is 3.05. The van der Waals surface area contributed by atoms with Crippen molar-refractivity contribution >= 4 is 35.6 Å². The van der Waals surface area contributed by atoms with Crippen molar-refractivity contribution in [3.63, 3.8) is 0 Å². The molecule has 1 aromatic carbocycles. The van der Waals surface area contributed by atoms with Gasteiger partial charge in [-0.3, -0.25) is 9.67 Å². The number of rotatable bonds is 10. The number of hydrogen-bond donors (Lipinski definition) is 2. The molecule has 2 aromatic rings. The van der Waals surface area contributed by atoms with Gasteiger partial charge in [-0.1, -0.05) is 18.2 Å². The number of hydrogen-bond acceptors (Lipinski definition) is 3. The molecule has 0 atom stereocenters. The fourth-order valence-corrected chi connectivity index (χ4v) is 2.83. The Hall–Kier alpha value is -1.77. The Morgan fingerprint density at radius 1 is 1.19 bits per heavy atom. The molecular weight excluding hydrogens is 451 g/mol. The first-order valence-electron chi connectivity index (χ1n) is 9.52. The molecule has 0 fully saturated rings. The van der Waals surface area contributed by atoms with Crippen molar-refractivity contribution in [3.05, 3.63) is 48.3 Å².